The van der Waals surface area contributed by atoms with Crippen LogP contribution >= 0.6 is 0 Å². The molecule has 1 saturated heterocycles. The van der Waals surface area contributed by atoms with Crippen LogP contribution in [0.3, 0.4) is 0 Å². The van der Waals surface area contributed by atoms with E-state index in [1.54, 1.807) is 0 Å². The van der Waals surface area contributed by atoms with Gasteiger partial charge < -0.3 is 15.4 Å². The summed E-state index contributed by atoms with van der Waals surface area (Å²) in [5, 5.41) is 5.94. The maximum atomic E-state index is 12.9. The number of carbonyl (C=O) groups excluding carboxylic acids is 1. The van der Waals surface area contributed by atoms with Crippen molar-refractivity contribution in [2.45, 2.75) is 38.1 Å². The van der Waals surface area contributed by atoms with Crippen molar-refractivity contribution in [2.75, 3.05) is 13.1 Å². The van der Waals surface area contributed by atoms with Crippen LogP contribution < -0.4 is 15.4 Å². The Bertz CT molecular complexity index is 514. The Balaban J connectivity index is 1.99. The van der Waals surface area contributed by atoms with Gasteiger partial charge in [0.05, 0.1) is 5.56 Å². The number of nitrogens with one attached hydrogen (secondary N) is 2. The third kappa shape index (κ3) is 4.37. The van der Waals surface area contributed by atoms with Crippen molar-refractivity contribution in [1.82, 2.24) is 10.6 Å². The minimum absolute atomic E-state index is 0.00911. The van der Waals surface area contributed by atoms with Gasteiger partial charge in [-0.05, 0) is 38.4 Å². The van der Waals surface area contributed by atoms with Crippen molar-refractivity contribution in [3.8, 4) is 5.75 Å². The summed E-state index contributed by atoms with van der Waals surface area (Å²) in [6, 6.07) is 4.87. The number of alkyl halides is 3. The van der Waals surface area contributed by atoms with E-state index in [2.05, 4.69) is 10.6 Å². The number of benzene rings is 1. The van der Waals surface area contributed by atoms with Crippen molar-refractivity contribution in [3.63, 3.8) is 0 Å². The average Bonchev–Trinajstić information content (AvgIpc) is 2.47. The second-order valence-corrected chi connectivity index (χ2v) is 5.31. The fraction of sp³-hybridized carbons (Fsp3) is 0.533. The van der Waals surface area contributed by atoms with Crippen molar-refractivity contribution < 1.29 is 22.7 Å². The van der Waals surface area contributed by atoms with E-state index in [0.717, 1.165) is 25.5 Å². The molecule has 2 N–H and O–H groups in total. The first-order chi connectivity index (χ1) is 10.4. The standard InChI is InChI=1S/C15H19F3N2O2/c1-10(14(21)20-11-5-4-8-19-9-11)22-13-7-3-2-6-12(13)15(16,17)18/h2-3,6-7,10-11,19H,4-5,8-9H2,1H3,(H,20,21)/t10?,11-/m0/s1. The molecule has 1 heterocycles. The maximum absolute atomic E-state index is 12.9. The zero-order chi connectivity index (χ0) is 16.2. The summed E-state index contributed by atoms with van der Waals surface area (Å²) in [5.74, 6) is -0.745. The van der Waals surface area contributed by atoms with E-state index < -0.39 is 23.8 Å². The summed E-state index contributed by atoms with van der Waals surface area (Å²) in [4.78, 5) is 12.0. The largest absolute Gasteiger partial charge is 0.480 e. The highest BCUT2D eigenvalue weighted by Crippen LogP contribution is 2.36. The molecule has 1 amide bonds. The van der Waals surface area contributed by atoms with Gasteiger partial charge in [-0.2, -0.15) is 13.2 Å². The number of ether oxygens (including phenoxy) is 1. The molecule has 0 radical (unpaired) electrons. The zero-order valence-corrected chi connectivity index (χ0v) is 12.2. The molecule has 4 nitrogen and oxygen atoms in total. The zero-order valence-electron chi connectivity index (χ0n) is 12.2. The van der Waals surface area contributed by atoms with Crippen LogP contribution in [-0.4, -0.2) is 31.1 Å². The van der Waals surface area contributed by atoms with Crippen molar-refractivity contribution >= 4 is 5.91 Å². The summed E-state index contributed by atoms with van der Waals surface area (Å²) in [7, 11) is 0. The Morgan fingerprint density at radius 1 is 1.41 bits per heavy atom. The van der Waals surface area contributed by atoms with E-state index in [-0.39, 0.29) is 11.8 Å². The van der Waals surface area contributed by atoms with E-state index in [1.165, 1.54) is 25.1 Å². The predicted octanol–water partition coefficient (Wildman–Crippen LogP) is 2.34. The lowest BCUT2D eigenvalue weighted by molar-refractivity contribution is -0.140. The molecule has 122 valence electrons. The minimum Gasteiger partial charge on any atom is -0.480 e. The topological polar surface area (TPSA) is 50.4 Å². The highest BCUT2D eigenvalue weighted by molar-refractivity contribution is 5.81. The van der Waals surface area contributed by atoms with E-state index in [1.807, 2.05) is 0 Å². The smallest absolute Gasteiger partial charge is 0.419 e. The summed E-state index contributed by atoms with van der Waals surface area (Å²) in [6.07, 6.45) is -3.70. The average molecular weight is 316 g/mol. The number of amides is 1. The molecule has 22 heavy (non-hydrogen) atoms. The summed E-state index contributed by atoms with van der Waals surface area (Å²) in [6.45, 7) is 3.02. The van der Waals surface area contributed by atoms with E-state index in [4.69, 9.17) is 4.74 Å². The van der Waals surface area contributed by atoms with Crippen LogP contribution in [0.1, 0.15) is 25.3 Å². The minimum atomic E-state index is -4.51. The molecule has 0 spiro atoms. The fourth-order valence-electron chi connectivity index (χ4n) is 2.34. The molecule has 1 fully saturated rings. The number of piperidine rings is 1. The van der Waals surface area contributed by atoms with Gasteiger partial charge in [0.15, 0.2) is 6.10 Å². The Kier molecular flexibility index (Phi) is 5.28. The van der Waals surface area contributed by atoms with Crippen molar-refractivity contribution in [2.24, 2.45) is 0 Å². The van der Waals surface area contributed by atoms with Gasteiger partial charge in [-0.1, -0.05) is 12.1 Å². The number of para-hydroxylation sites is 1. The molecule has 0 saturated carbocycles. The lowest BCUT2D eigenvalue weighted by Gasteiger charge is -2.25. The first kappa shape index (κ1) is 16.6. The van der Waals surface area contributed by atoms with Crippen LogP contribution in [-0.2, 0) is 11.0 Å². The van der Waals surface area contributed by atoms with Crippen LogP contribution in [0.5, 0.6) is 5.75 Å². The van der Waals surface area contributed by atoms with Crippen molar-refractivity contribution in [1.29, 1.82) is 0 Å². The third-order valence-corrected chi connectivity index (χ3v) is 3.51. The van der Waals surface area contributed by atoms with Crippen LogP contribution in [0.25, 0.3) is 0 Å². The highest BCUT2D eigenvalue weighted by atomic mass is 19.4. The summed E-state index contributed by atoms with van der Waals surface area (Å²) < 4.78 is 43.9. The first-order valence-electron chi connectivity index (χ1n) is 7.22. The van der Waals surface area contributed by atoms with Gasteiger partial charge in [0.2, 0.25) is 0 Å². The molecule has 1 aromatic carbocycles. The number of rotatable bonds is 4. The molecule has 2 rings (SSSR count). The number of carbonyl (C=O) groups is 1. The molecule has 0 bridgehead atoms. The highest BCUT2D eigenvalue weighted by Gasteiger charge is 2.35. The molecule has 1 unspecified atom stereocenters. The van der Waals surface area contributed by atoms with E-state index >= 15 is 0 Å². The lowest BCUT2D eigenvalue weighted by atomic mass is 10.1. The summed E-state index contributed by atoms with van der Waals surface area (Å²) >= 11 is 0. The van der Waals surface area contributed by atoms with Gasteiger partial charge in [-0.15, -0.1) is 0 Å². The normalized spacial score (nSPS) is 20.3. The van der Waals surface area contributed by atoms with Gasteiger partial charge in [0.25, 0.3) is 5.91 Å². The Hall–Kier alpha value is -1.76. The summed E-state index contributed by atoms with van der Waals surface area (Å²) in [5.41, 5.74) is -0.881. The molecule has 2 atom stereocenters. The predicted molar refractivity (Wildman–Crippen MR) is 75.6 cm³/mol. The Labute approximate surface area is 127 Å². The fourth-order valence-corrected chi connectivity index (χ4v) is 2.34. The van der Waals surface area contributed by atoms with E-state index in [9.17, 15) is 18.0 Å². The van der Waals surface area contributed by atoms with Crippen LogP contribution in [0.4, 0.5) is 13.2 Å². The number of hydrogen-bond acceptors (Lipinski definition) is 3. The van der Waals surface area contributed by atoms with Crippen molar-refractivity contribution in [3.05, 3.63) is 29.8 Å². The Morgan fingerprint density at radius 3 is 2.77 bits per heavy atom. The number of hydrogen-bond donors (Lipinski definition) is 2. The molecule has 0 aliphatic carbocycles. The second-order valence-electron chi connectivity index (χ2n) is 5.31. The second kappa shape index (κ2) is 7.00. The first-order valence-corrected chi connectivity index (χ1v) is 7.22. The molecule has 7 heteroatoms. The molecular weight excluding hydrogens is 297 g/mol. The molecule has 1 aromatic rings. The third-order valence-electron chi connectivity index (χ3n) is 3.51. The molecule has 1 aliphatic heterocycles. The SMILES string of the molecule is CC(Oc1ccccc1C(F)(F)F)C(=O)N[C@H]1CCCNC1. The van der Waals surface area contributed by atoms with Gasteiger partial charge in [0, 0.05) is 12.6 Å². The molecular formula is C15H19F3N2O2. The maximum Gasteiger partial charge on any atom is 0.419 e. The quantitative estimate of drug-likeness (QED) is 0.896. The van der Waals surface area contributed by atoms with E-state index in [0.29, 0.717) is 6.54 Å². The van der Waals surface area contributed by atoms with Crippen LogP contribution in [0.2, 0.25) is 0 Å². The molecule has 1 aliphatic rings. The van der Waals surface area contributed by atoms with Crippen LogP contribution in [0, 0.1) is 0 Å². The van der Waals surface area contributed by atoms with Gasteiger partial charge in [0.1, 0.15) is 5.75 Å². The van der Waals surface area contributed by atoms with Gasteiger partial charge in [-0.3, -0.25) is 4.79 Å². The Morgan fingerprint density at radius 2 is 2.14 bits per heavy atom. The van der Waals surface area contributed by atoms with Gasteiger partial charge >= 0.3 is 6.18 Å². The molecule has 0 aromatic heterocycles. The monoisotopic (exact) mass is 316 g/mol. The lowest BCUT2D eigenvalue weighted by Crippen LogP contribution is -2.49. The van der Waals surface area contributed by atoms with Crippen LogP contribution in [0.15, 0.2) is 24.3 Å². The van der Waals surface area contributed by atoms with Gasteiger partial charge in [-0.25, -0.2) is 0 Å². The number of halogens is 3.